The van der Waals surface area contributed by atoms with Gasteiger partial charge in [-0.15, -0.1) is 0 Å². The first kappa shape index (κ1) is 30.2. The number of anilines is 1. The number of hydrogen-bond donors (Lipinski definition) is 1. The molecule has 9 heteroatoms. The molecule has 1 N–H and O–H groups in total. The molecule has 2 aromatic carbocycles. The zero-order chi connectivity index (χ0) is 28.0. The van der Waals surface area contributed by atoms with Gasteiger partial charge in [0, 0.05) is 13.1 Å². The van der Waals surface area contributed by atoms with Crippen LogP contribution in [0.4, 0.5) is 5.69 Å². The van der Waals surface area contributed by atoms with Gasteiger partial charge in [0.25, 0.3) is 0 Å². The Hall–Kier alpha value is -3.07. The SMILES string of the molecule is COc1ccc(CN(C(=O)CN(c2ccc(C(C)(C)C)cc2)S(C)(=O)=O)[C@H](C)C(=O)NCC(C)C)cc1. The predicted molar refractivity (Wildman–Crippen MR) is 148 cm³/mol. The summed E-state index contributed by atoms with van der Waals surface area (Å²) in [6.45, 7) is 12.0. The van der Waals surface area contributed by atoms with E-state index in [1.165, 1.54) is 4.90 Å². The van der Waals surface area contributed by atoms with E-state index in [1.54, 1.807) is 38.3 Å². The van der Waals surface area contributed by atoms with Gasteiger partial charge in [0.1, 0.15) is 18.3 Å². The van der Waals surface area contributed by atoms with Crippen LogP contribution in [0.15, 0.2) is 48.5 Å². The van der Waals surface area contributed by atoms with Crippen molar-refractivity contribution in [3.05, 3.63) is 59.7 Å². The Balaban J connectivity index is 2.38. The molecular formula is C28H41N3O5S. The molecule has 2 amide bonds. The molecule has 0 aliphatic rings. The van der Waals surface area contributed by atoms with Crippen molar-refractivity contribution in [1.82, 2.24) is 10.2 Å². The van der Waals surface area contributed by atoms with E-state index in [0.29, 0.717) is 18.0 Å². The maximum Gasteiger partial charge on any atom is 0.244 e. The number of ether oxygens (including phenoxy) is 1. The number of amides is 2. The van der Waals surface area contributed by atoms with Gasteiger partial charge in [0.15, 0.2) is 0 Å². The van der Waals surface area contributed by atoms with Crippen LogP contribution in [0.3, 0.4) is 0 Å². The summed E-state index contributed by atoms with van der Waals surface area (Å²) in [5.41, 5.74) is 2.13. The Bertz CT molecular complexity index is 1150. The predicted octanol–water partition coefficient (Wildman–Crippen LogP) is 3.95. The molecule has 2 rings (SSSR count). The number of sulfonamides is 1. The standard InChI is InChI=1S/C28H41N3O5S/c1-20(2)17-29-27(33)21(3)30(18-22-9-15-25(36-7)16-10-22)26(32)19-31(37(8,34)35)24-13-11-23(12-14-24)28(4,5)6/h9-16,20-21H,17-19H2,1-8H3,(H,29,33)/t21-/m1/s1. The highest BCUT2D eigenvalue weighted by molar-refractivity contribution is 7.92. The highest BCUT2D eigenvalue weighted by atomic mass is 32.2. The molecule has 0 aliphatic carbocycles. The zero-order valence-corrected chi connectivity index (χ0v) is 24.1. The molecule has 0 spiro atoms. The average Bonchev–Trinajstić information content (AvgIpc) is 2.83. The fourth-order valence-corrected chi connectivity index (χ4v) is 4.55. The molecule has 0 radical (unpaired) electrons. The van der Waals surface area contributed by atoms with E-state index in [4.69, 9.17) is 4.74 Å². The minimum Gasteiger partial charge on any atom is -0.497 e. The van der Waals surface area contributed by atoms with Crippen molar-refractivity contribution in [3.63, 3.8) is 0 Å². The second-order valence-electron chi connectivity index (χ2n) is 10.8. The molecule has 0 fully saturated rings. The van der Waals surface area contributed by atoms with Gasteiger partial charge >= 0.3 is 0 Å². The molecule has 0 heterocycles. The van der Waals surface area contributed by atoms with Gasteiger partial charge in [-0.1, -0.05) is 58.9 Å². The summed E-state index contributed by atoms with van der Waals surface area (Å²) in [6.07, 6.45) is 1.07. The fraction of sp³-hybridized carbons (Fsp3) is 0.500. The Morgan fingerprint density at radius 3 is 2.00 bits per heavy atom. The third-order valence-corrected chi connectivity index (χ3v) is 7.20. The Morgan fingerprint density at radius 1 is 0.973 bits per heavy atom. The molecular weight excluding hydrogens is 490 g/mol. The molecule has 1 atom stereocenters. The number of hydrogen-bond acceptors (Lipinski definition) is 5. The van der Waals surface area contributed by atoms with E-state index in [1.807, 2.05) is 38.1 Å². The fourth-order valence-electron chi connectivity index (χ4n) is 3.70. The summed E-state index contributed by atoms with van der Waals surface area (Å²) in [5.74, 6) is 0.148. The molecule has 8 nitrogen and oxygen atoms in total. The normalized spacial score (nSPS) is 12.7. The van der Waals surface area contributed by atoms with E-state index in [-0.39, 0.29) is 23.8 Å². The summed E-state index contributed by atoms with van der Waals surface area (Å²) in [5, 5.41) is 2.87. The number of rotatable bonds is 11. The molecule has 0 aliphatic heterocycles. The Kier molecular flexibility index (Phi) is 10.1. The van der Waals surface area contributed by atoms with Gasteiger partial charge in [-0.2, -0.15) is 0 Å². The van der Waals surface area contributed by atoms with E-state index in [0.717, 1.165) is 21.7 Å². The first-order valence-electron chi connectivity index (χ1n) is 12.4. The van der Waals surface area contributed by atoms with Gasteiger partial charge in [-0.3, -0.25) is 13.9 Å². The van der Waals surface area contributed by atoms with E-state index >= 15 is 0 Å². The van der Waals surface area contributed by atoms with Crippen molar-refractivity contribution in [1.29, 1.82) is 0 Å². The lowest BCUT2D eigenvalue weighted by molar-refractivity contribution is -0.139. The molecule has 0 saturated carbocycles. The lowest BCUT2D eigenvalue weighted by atomic mass is 9.87. The van der Waals surface area contributed by atoms with Crippen LogP contribution in [0.25, 0.3) is 0 Å². The van der Waals surface area contributed by atoms with Crippen molar-refractivity contribution in [3.8, 4) is 5.75 Å². The third-order valence-electron chi connectivity index (χ3n) is 6.06. The quantitative estimate of drug-likeness (QED) is 0.474. The van der Waals surface area contributed by atoms with Crippen LogP contribution < -0.4 is 14.4 Å². The van der Waals surface area contributed by atoms with E-state index in [2.05, 4.69) is 26.1 Å². The number of carbonyl (C=O) groups excluding carboxylic acids is 2. The molecule has 0 bridgehead atoms. The van der Waals surface area contributed by atoms with Crippen LogP contribution in [0, 0.1) is 5.92 Å². The van der Waals surface area contributed by atoms with Crippen LogP contribution in [0.2, 0.25) is 0 Å². The van der Waals surface area contributed by atoms with Crippen LogP contribution in [-0.4, -0.2) is 57.6 Å². The van der Waals surface area contributed by atoms with Crippen LogP contribution in [-0.2, 0) is 31.6 Å². The van der Waals surface area contributed by atoms with Crippen LogP contribution >= 0.6 is 0 Å². The van der Waals surface area contributed by atoms with Crippen molar-refractivity contribution in [2.24, 2.45) is 5.92 Å². The van der Waals surface area contributed by atoms with Crippen molar-refractivity contribution >= 4 is 27.5 Å². The Morgan fingerprint density at radius 2 is 1.54 bits per heavy atom. The minimum atomic E-state index is -3.78. The summed E-state index contributed by atoms with van der Waals surface area (Å²) in [7, 11) is -2.21. The second kappa shape index (κ2) is 12.4. The van der Waals surface area contributed by atoms with Gasteiger partial charge in [0.05, 0.1) is 19.1 Å². The molecule has 2 aromatic rings. The minimum absolute atomic E-state index is 0.0990. The summed E-state index contributed by atoms with van der Waals surface area (Å²) < 4.78 is 31.8. The smallest absolute Gasteiger partial charge is 0.244 e. The highest BCUT2D eigenvalue weighted by Crippen LogP contribution is 2.26. The van der Waals surface area contributed by atoms with Crippen molar-refractivity contribution in [2.45, 2.75) is 59.5 Å². The van der Waals surface area contributed by atoms with Crippen LogP contribution in [0.5, 0.6) is 5.75 Å². The summed E-state index contributed by atoms with van der Waals surface area (Å²) >= 11 is 0. The topological polar surface area (TPSA) is 96.0 Å². The molecule has 204 valence electrons. The maximum atomic E-state index is 13.6. The zero-order valence-electron chi connectivity index (χ0n) is 23.2. The molecule has 0 unspecified atom stereocenters. The van der Waals surface area contributed by atoms with E-state index < -0.39 is 28.5 Å². The summed E-state index contributed by atoms with van der Waals surface area (Å²) in [6, 6.07) is 13.5. The lowest BCUT2D eigenvalue weighted by Crippen LogP contribution is -2.51. The molecule has 37 heavy (non-hydrogen) atoms. The largest absolute Gasteiger partial charge is 0.497 e. The monoisotopic (exact) mass is 531 g/mol. The molecule has 0 saturated heterocycles. The third kappa shape index (κ3) is 8.77. The number of methoxy groups -OCH3 is 1. The summed E-state index contributed by atoms with van der Waals surface area (Å²) in [4.78, 5) is 28.0. The number of nitrogens with zero attached hydrogens (tertiary/aromatic N) is 2. The van der Waals surface area contributed by atoms with Crippen molar-refractivity contribution in [2.75, 3.05) is 30.8 Å². The Labute approximate surface area is 222 Å². The first-order chi connectivity index (χ1) is 17.1. The first-order valence-corrected chi connectivity index (χ1v) is 14.3. The lowest BCUT2D eigenvalue weighted by Gasteiger charge is -2.32. The van der Waals surface area contributed by atoms with Gasteiger partial charge in [-0.05, 0) is 53.6 Å². The second-order valence-corrected chi connectivity index (χ2v) is 12.7. The number of nitrogens with one attached hydrogen (secondary N) is 1. The maximum absolute atomic E-state index is 13.6. The van der Waals surface area contributed by atoms with Crippen LogP contribution in [0.1, 0.15) is 52.7 Å². The average molecular weight is 532 g/mol. The van der Waals surface area contributed by atoms with Gasteiger partial charge in [-0.25, -0.2) is 8.42 Å². The highest BCUT2D eigenvalue weighted by Gasteiger charge is 2.30. The van der Waals surface area contributed by atoms with Gasteiger partial charge in [0.2, 0.25) is 21.8 Å². The number of benzene rings is 2. The molecule has 0 aromatic heterocycles. The van der Waals surface area contributed by atoms with E-state index in [9.17, 15) is 18.0 Å². The van der Waals surface area contributed by atoms with Gasteiger partial charge < -0.3 is 15.0 Å². The van der Waals surface area contributed by atoms with Crippen molar-refractivity contribution < 1.29 is 22.7 Å². The number of carbonyl (C=O) groups is 2.